The average Bonchev–Trinajstić information content (AvgIpc) is 3.18. The summed E-state index contributed by atoms with van der Waals surface area (Å²) in [6.07, 6.45) is 1.91. The summed E-state index contributed by atoms with van der Waals surface area (Å²) in [5.41, 5.74) is 6.74. The number of aliphatic hydroxyl groups excluding tert-OH is 2. The van der Waals surface area contributed by atoms with Crippen LogP contribution in [0.15, 0.2) is 12.7 Å². The molecule has 25 heavy (non-hydrogen) atoms. The minimum atomic E-state index is -1.05. The van der Waals surface area contributed by atoms with E-state index in [1.54, 1.807) is 16.3 Å². The molecule has 5 N–H and O–H groups in total. The van der Waals surface area contributed by atoms with Crippen molar-refractivity contribution >= 4 is 28.7 Å². The van der Waals surface area contributed by atoms with Gasteiger partial charge in [-0.25, -0.2) is 15.0 Å². The first kappa shape index (κ1) is 17.0. The number of piperidine rings is 1. The zero-order valence-electron chi connectivity index (χ0n) is 13.7. The minimum absolute atomic E-state index is 0.273. The molecule has 4 heterocycles. The minimum Gasteiger partial charge on any atom is -0.387 e. The molecule has 2 aromatic rings. The van der Waals surface area contributed by atoms with Gasteiger partial charge in [-0.05, 0) is 25.9 Å². The van der Waals surface area contributed by atoms with Gasteiger partial charge in [-0.3, -0.25) is 4.57 Å². The number of nitrogen functional groups attached to an aromatic ring is 1. The van der Waals surface area contributed by atoms with Crippen molar-refractivity contribution in [2.75, 3.05) is 24.6 Å². The van der Waals surface area contributed by atoms with Gasteiger partial charge in [0.2, 0.25) is 0 Å². The van der Waals surface area contributed by atoms with Crippen LogP contribution in [0.3, 0.4) is 0 Å². The van der Waals surface area contributed by atoms with Crippen molar-refractivity contribution in [1.82, 2.24) is 24.8 Å². The molecule has 4 rings (SSSR count). The second-order valence-electron chi connectivity index (χ2n) is 6.41. The topological polar surface area (TPSA) is 131 Å². The lowest BCUT2D eigenvalue weighted by Crippen LogP contribution is -2.34. The van der Waals surface area contributed by atoms with Gasteiger partial charge >= 0.3 is 0 Å². The van der Waals surface area contributed by atoms with Gasteiger partial charge in [0.15, 0.2) is 17.7 Å². The predicted octanol–water partition coefficient (Wildman–Crippen LogP) is -0.487. The van der Waals surface area contributed by atoms with Crippen molar-refractivity contribution in [2.24, 2.45) is 0 Å². The first-order valence-corrected chi connectivity index (χ1v) is 9.47. The van der Waals surface area contributed by atoms with Crippen molar-refractivity contribution < 1.29 is 14.9 Å². The summed E-state index contributed by atoms with van der Waals surface area (Å²) in [6.45, 7) is 2.05. The summed E-state index contributed by atoms with van der Waals surface area (Å²) in [5.74, 6) is 0.915. The highest BCUT2D eigenvalue weighted by molar-refractivity contribution is 7.99. The standard InChI is InChI=1S/C15H22N6O3S/c16-13-10-14(19-6-18-13)21(7-20-10)15-12(23)11(22)9(24-15)5-25-8-1-3-17-4-2-8/h6-9,11-12,15,17,22-23H,1-5H2,(H2,16,18,19)/t9-,11-,12-,15-/m1/s1. The average molecular weight is 366 g/mol. The molecule has 4 atom stereocenters. The quantitative estimate of drug-likeness (QED) is 0.566. The molecule has 0 amide bonds. The maximum atomic E-state index is 10.4. The number of nitrogens with two attached hydrogens (primary N) is 1. The van der Waals surface area contributed by atoms with Crippen LogP contribution < -0.4 is 11.1 Å². The lowest BCUT2D eigenvalue weighted by molar-refractivity contribution is -0.0289. The zero-order valence-corrected chi connectivity index (χ0v) is 14.5. The van der Waals surface area contributed by atoms with Crippen molar-refractivity contribution in [3.8, 4) is 0 Å². The lowest BCUT2D eigenvalue weighted by atomic mass is 10.1. The SMILES string of the molecule is Nc1ncnc2c1ncn2[C@@H]1O[C@H](CSC2CCNCC2)[C@@H](O)[C@H]1O. The van der Waals surface area contributed by atoms with E-state index in [1.807, 2.05) is 0 Å². The molecule has 2 saturated heterocycles. The molecular weight excluding hydrogens is 344 g/mol. The Morgan fingerprint density at radius 2 is 2.04 bits per heavy atom. The van der Waals surface area contributed by atoms with E-state index in [-0.39, 0.29) is 5.82 Å². The maximum absolute atomic E-state index is 10.4. The van der Waals surface area contributed by atoms with E-state index in [4.69, 9.17) is 10.5 Å². The van der Waals surface area contributed by atoms with E-state index in [0.717, 1.165) is 25.9 Å². The van der Waals surface area contributed by atoms with E-state index >= 15 is 0 Å². The molecule has 9 nitrogen and oxygen atoms in total. The Labute approximate surface area is 149 Å². The van der Waals surface area contributed by atoms with Gasteiger partial charge in [-0.15, -0.1) is 0 Å². The van der Waals surface area contributed by atoms with Crippen molar-refractivity contribution in [2.45, 2.75) is 42.6 Å². The van der Waals surface area contributed by atoms with Crippen LogP contribution in [0.5, 0.6) is 0 Å². The molecular formula is C15H22N6O3S. The fourth-order valence-electron chi connectivity index (χ4n) is 3.35. The molecule has 2 aromatic heterocycles. The van der Waals surface area contributed by atoms with Crippen LogP contribution in [0, 0.1) is 0 Å². The fraction of sp³-hybridized carbons (Fsp3) is 0.667. The number of thioether (sulfide) groups is 1. The van der Waals surface area contributed by atoms with Gasteiger partial charge in [-0.1, -0.05) is 0 Å². The number of nitrogens with zero attached hydrogens (tertiary/aromatic N) is 4. The number of hydrogen-bond acceptors (Lipinski definition) is 9. The fourth-order valence-corrected chi connectivity index (χ4v) is 4.65. The highest BCUT2D eigenvalue weighted by Gasteiger charge is 2.44. The molecule has 2 aliphatic heterocycles. The lowest BCUT2D eigenvalue weighted by Gasteiger charge is -2.24. The van der Waals surface area contributed by atoms with E-state index in [1.165, 1.54) is 12.7 Å². The molecule has 0 aliphatic carbocycles. The Bertz CT molecular complexity index is 737. The van der Waals surface area contributed by atoms with Gasteiger partial charge in [0.25, 0.3) is 0 Å². The number of fused-ring (bicyclic) bond motifs is 1. The molecule has 0 spiro atoms. The van der Waals surface area contributed by atoms with E-state index in [9.17, 15) is 10.2 Å². The molecule has 0 radical (unpaired) electrons. The molecule has 0 unspecified atom stereocenters. The van der Waals surface area contributed by atoms with Crippen LogP contribution in [-0.4, -0.2) is 72.1 Å². The second kappa shape index (κ2) is 7.04. The van der Waals surface area contributed by atoms with Crippen molar-refractivity contribution in [1.29, 1.82) is 0 Å². The molecule has 136 valence electrons. The molecule has 2 aliphatic rings. The van der Waals surface area contributed by atoms with Crippen molar-refractivity contribution in [3.05, 3.63) is 12.7 Å². The summed E-state index contributed by atoms with van der Waals surface area (Å²) in [6, 6.07) is 0. The van der Waals surface area contributed by atoms with E-state index in [2.05, 4.69) is 20.3 Å². The van der Waals surface area contributed by atoms with Crippen LogP contribution in [0.2, 0.25) is 0 Å². The Kier molecular flexibility index (Phi) is 4.78. The van der Waals surface area contributed by atoms with Gasteiger partial charge in [0.05, 0.1) is 12.4 Å². The predicted molar refractivity (Wildman–Crippen MR) is 94.0 cm³/mol. The van der Waals surface area contributed by atoms with E-state index in [0.29, 0.717) is 22.2 Å². The summed E-state index contributed by atoms with van der Waals surface area (Å²) < 4.78 is 7.56. The smallest absolute Gasteiger partial charge is 0.167 e. The third-order valence-electron chi connectivity index (χ3n) is 4.78. The molecule has 2 fully saturated rings. The first-order valence-electron chi connectivity index (χ1n) is 8.42. The van der Waals surface area contributed by atoms with Gasteiger partial charge in [0.1, 0.15) is 24.1 Å². The van der Waals surface area contributed by atoms with Crippen LogP contribution in [-0.2, 0) is 4.74 Å². The molecule has 10 heteroatoms. The Morgan fingerprint density at radius 1 is 1.24 bits per heavy atom. The number of anilines is 1. The third-order valence-corrected chi connectivity index (χ3v) is 6.24. The van der Waals surface area contributed by atoms with Gasteiger partial charge in [-0.2, -0.15) is 11.8 Å². The van der Waals surface area contributed by atoms with Gasteiger partial charge < -0.3 is 26.0 Å². The zero-order chi connectivity index (χ0) is 17.4. The number of rotatable bonds is 4. The highest BCUT2D eigenvalue weighted by Crippen LogP contribution is 2.34. The van der Waals surface area contributed by atoms with Crippen LogP contribution >= 0.6 is 11.8 Å². The Hall–Kier alpha value is -1.46. The maximum Gasteiger partial charge on any atom is 0.167 e. The highest BCUT2D eigenvalue weighted by atomic mass is 32.2. The molecule has 0 saturated carbocycles. The second-order valence-corrected chi connectivity index (χ2v) is 7.75. The number of ether oxygens (including phenoxy) is 1. The summed E-state index contributed by atoms with van der Waals surface area (Å²) in [5, 5.41) is 24.7. The number of aromatic nitrogens is 4. The number of imidazole rings is 1. The Morgan fingerprint density at radius 3 is 2.84 bits per heavy atom. The van der Waals surface area contributed by atoms with Crippen LogP contribution in [0.1, 0.15) is 19.1 Å². The summed E-state index contributed by atoms with van der Waals surface area (Å²) in [7, 11) is 0. The molecule has 0 aromatic carbocycles. The largest absolute Gasteiger partial charge is 0.387 e. The van der Waals surface area contributed by atoms with Crippen molar-refractivity contribution in [3.63, 3.8) is 0 Å². The summed E-state index contributed by atoms with van der Waals surface area (Å²) in [4.78, 5) is 12.3. The first-order chi connectivity index (χ1) is 12.1. The number of hydrogen-bond donors (Lipinski definition) is 4. The number of aliphatic hydroxyl groups is 2. The monoisotopic (exact) mass is 366 g/mol. The van der Waals surface area contributed by atoms with Crippen LogP contribution in [0.25, 0.3) is 11.2 Å². The van der Waals surface area contributed by atoms with E-state index < -0.39 is 24.5 Å². The van der Waals surface area contributed by atoms with Gasteiger partial charge in [0, 0.05) is 11.0 Å². The Balaban J connectivity index is 1.48. The number of nitrogens with one attached hydrogen (secondary N) is 1. The summed E-state index contributed by atoms with van der Waals surface area (Å²) >= 11 is 1.80. The van der Waals surface area contributed by atoms with Crippen LogP contribution in [0.4, 0.5) is 5.82 Å². The molecule has 0 bridgehead atoms. The third kappa shape index (κ3) is 3.20. The normalized spacial score (nSPS) is 31.0.